The van der Waals surface area contributed by atoms with E-state index in [1.807, 2.05) is 38.4 Å². The second kappa shape index (κ2) is 5.08. The van der Waals surface area contributed by atoms with Gasteiger partial charge in [-0.25, -0.2) is 4.99 Å². The van der Waals surface area contributed by atoms with Crippen LogP contribution < -0.4 is 0 Å². The topological polar surface area (TPSA) is 15.6 Å². The molecule has 0 amide bonds. The number of benzene rings is 1. The molecule has 4 heteroatoms. The zero-order chi connectivity index (χ0) is 10.6. The van der Waals surface area contributed by atoms with Crippen LogP contribution in [0.15, 0.2) is 29.3 Å². The van der Waals surface area contributed by atoms with Crippen LogP contribution in [0.1, 0.15) is 5.56 Å². The molecule has 74 valence electrons. The van der Waals surface area contributed by atoms with Gasteiger partial charge in [-0.1, -0.05) is 23.7 Å². The summed E-state index contributed by atoms with van der Waals surface area (Å²) >= 11 is 10.8. The van der Waals surface area contributed by atoms with E-state index in [1.54, 1.807) is 11.1 Å². The predicted octanol–water partition coefficient (Wildman–Crippen LogP) is 2.61. The lowest BCUT2D eigenvalue weighted by molar-refractivity contribution is 0.629. The molecule has 14 heavy (non-hydrogen) atoms. The number of nitrogens with zero attached hydrogens (tertiary/aromatic N) is 2. The Kier molecular flexibility index (Phi) is 4.04. The minimum Gasteiger partial charge on any atom is -0.354 e. The van der Waals surface area contributed by atoms with E-state index in [1.165, 1.54) is 0 Å². The fourth-order valence-electron chi connectivity index (χ4n) is 0.794. The molecular formula is C10H11ClN2S. The smallest absolute Gasteiger partial charge is 0.194 e. The van der Waals surface area contributed by atoms with E-state index in [4.69, 9.17) is 23.8 Å². The van der Waals surface area contributed by atoms with Crippen LogP contribution in [0.4, 0.5) is 0 Å². The molecule has 0 aliphatic carbocycles. The summed E-state index contributed by atoms with van der Waals surface area (Å²) < 4.78 is 0. The van der Waals surface area contributed by atoms with Crippen LogP contribution in [0.2, 0.25) is 5.02 Å². The molecule has 0 heterocycles. The molecule has 0 aromatic heterocycles. The van der Waals surface area contributed by atoms with Gasteiger partial charge in [-0.05, 0) is 29.9 Å². The number of aliphatic imine (C=N–C) groups is 1. The zero-order valence-electron chi connectivity index (χ0n) is 8.07. The van der Waals surface area contributed by atoms with Crippen LogP contribution in [0.5, 0.6) is 0 Å². The third kappa shape index (κ3) is 3.44. The lowest BCUT2D eigenvalue weighted by atomic mass is 10.2. The van der Waals surface area contributed by atoms with Gasteiger partial charge in [0.05, 0.1) is 0 Å². The molecule has 0 fully saturated rings. The lowest BCUT2D eigenvalue weighted by Crippen LogP contribution is -2.17. The van der Waals surface area contributed by atoms with Gasteiger partial charge in [0, 0.05) is 25.3 Å². The summed E-state index contributed by atoms with van der Waals surface area (Å²) in [4.78, 5) is 5.89. The minimum atomic E-state index is 0.556. The third-order valence-corrected chi connectivity index (χ3v) is 2.30. The van der Waals surface area contributed by atoms with Gasteiger partial charge in [0.25, 0.3) is 0 Å². The van der Waals surface area contributed by atoms with Crippen LogP contribution in [0, 0.1) is 0 Å². The van der Waals surface area contributed by atoms with E-state index in [0.717, 1.165) is 10.6 Å². The molecule has 0 radical (unpaired) electrons. The molecule has 2 nitrogen and oxygen atoms in total. The number of hydrogen-bond acceptors (Lipinski definition) is 1. The van der Waals surface area contributed by atoms with E-state index in [-0.39, 0.29) is 0 Å². The average molecular weight is 227 g/mol. The van der Waals surface area contributed by atoms with Crippen molar-refractivity contribution in [1.29, 1.82) is 0 Å². The first-order chi connectivity index (χ1) is 6.59. The number of rotatable bonds is 1. The molecule has 0 N–H and O–H groups in total. The summed E-state index contributed by atoms with van der Waals surface area (Å²) in [5.74, 6) is 0. The van der Waals surface area contributed by atoms with Crippen molar-refractivity contribution in [2.75, 3.05) is 14.1 Å². The first kappa shape index (κ1) is 11.1. The Labute approximate surface area is 94.2 Å². The Morgan fingerprint density at radius 1 is 1.36 bits per heavy atom. The highest BCUT2D eigenvalue weighted by Crippen LogP contribution is 2.07. The van der Waals surface area contributed by atoms with Gasteiger partial charge in [0.1, 0.15) is 0 Å². The van der Waals surface area contributed by atoms with Crippen molar-refractivity contribution in [2.24, 2.45) is 4.99 Å². The maximum absolute atomic E-state index is 5.75. The fourth-order valence-corrected chi connectivity index (χ4v) is 0.973. The van der Waals surface area contributed by atoms with E-state index >= 15 is 0 Å². The first-order valence-corrected chi connectivity index (χ1v) is 4.89. The number of hydrogen-bond donors (Lipinski definition) is 0. The Morgan fingerprint density at radius 3 is 2.43 bits per heavy atom. The summed E-state index contributed by atoms with van der Waals surface area (Å²) in [5, 5.41) is 1.28. The number of halogens is 1. The maximum atomic E-state index is 5.75. The summed E-state index contributed by atoms with van der Waals surface area (Å²) in [5.41, 5.74) is 0.985. The third-order valence-electron chi connectivity index (χ3n) is 1.58. The SMILES string of the molecule is CN(C)C(=S)/N=C/c1ccc(Cl)cc1. The van der Waals surface area contributed by atoms with Gasteiger partial charge in [-0.2, -0.15) is 0 Å². The summed E-state index contributed by atoms with van der Waals surface area (Å²) in [7, 11) is 3.73. The second-order valence-corrected chi connectivity index (χ2v) is 3.79. The molecular weight excluding hydrogens is 216 g/mol. The monoisotopic (exact) mass is 226 g/mol. The van der Waals surface area contributed by atoms with E-state index in [2.05, 4.69) is 4.99 Å². The fraction of sp³-hybridized carbons (Fsp3) is 0.200. The molecule has 1 rings (SSSR count). The van der Waals surface area contributed by atoms with Crippen LogP contribution >= 0.6 is 23.8 Å². The normalized spacial score (nSPS) is 10.5. The van der Waals surface area contributed by atoms with Crippen LogP contribution in [0.25, 0.3) is 0 Å². The molecule has 0 aliphatic heterocycles. The van der Waals surface area contributed by atoms with Crippen molar-refractivity contribution in [3.63, 3.8) is 0 Å². The summed E-state index contributed by atoms with van der Waals surface area (Å²) in [6.45, 7) is 0. The van der Waals surface area contributed by atoms with E-state index in [9.17, 15) is 0 Å². The molecule has 0 spiro atoms. The Hall–Kier alpha value is -0.930. The van der Waals surface area contributed by atoms with Crippen molar-refractivity contribution in [3.05, 3.63) is 34.9 Å². The van der Waals surface area contributed by atoms with Crippen molar-refractivity contribution in [3.8, 4) is 0 Å². The second-order valence-electron chi connectivity index (χ2n) is 2.99. The van der Waals surface area contributed by atoms with Gasteiger partial charge >= 0.3 is 0 Å². The molecule has 0 atom stereocenters. The quantitative estimate of drug-likeness (QED) is 0.541. The average Bonchev–Trinajstić information content (AvgIpc) is 2.16. The van der Waals surface area contributed by atoms with Crippen molar-refractivity contribution < 1.29 is 0 Å². The number of thiocarbonyl (C=S) groups is 1. The van der Waals surface area contributed by atoms with Crippen LogP contribution in [-0.2, 0) is 0 Å². The Morgan fingerprint density at radius 2 is 1.93 bits per heavy atom. The molecule has 1 aromatic rings. The minimum absolute atomic E-state index is 0.556. The summed E-state index contributed by atoms with van der Waals surface area (Å²) in [6.07, 6.45) is 1.72. The standard InChI is InChI=1S/C10H11ClN2S/c1-13(2)10(14)12-7-8-3-5-9(11)6-4-8/h3-7H,1-2H3/b12-7+. The van der Waals surface area contributed by atoms with Crippen molar-refractivity contribution in [2.45, 2.75) is 0 Å². The van der Waals surface area contributed by atoms with Gasteiger partial charge < -0.3 is 4.90 Å². The van der Waals surface area contributed by atoms with Crippen LogP contribution in [-0.4, -0.2) is 30.3 Å². The molecule has 0 aliphatic rings. The van der Waals surface area contributed by atoms with Gasteiger partial charge in [0.15, 0.2) is 5.11 Å². The molecule has 0 saturated carbocycles. The maximum Gasteiger partial charge on any atom is 0.194 e. The van der Waals surface area contributed by atoms with E-state index < -0.39 is 0 Å². The lowest BCUT2D eigenvalue weighted by Gasteiger charge is -2.07. The van der Waals surface area contributed by atoms with Gasteiger partial charge in [0.2, 0.25) is 0 Å². The molecule has 0 unspecified atom stereocenters. The Balaban J connectivity index is 2.69. The predicted molar refractivity (Wildman–Crippen MR) is 65.3 cm³/mol. The Bertz CT molecular complexity index is 344. The molecule has 1 aromatic carbocycles. The zero-order valence-corrected chi connectivity index (χ0v) is 9.64. The van der Waals surface area contributed by atoms with Gasteiger partial charge in [-0.3, -0.25) is 0 Å². The molecule has 0 bridgehead atoms. The van der Waals surface area contributed by atoms with E-state index in [0.29, 0.717) is 5.11 Å². The van der Waals surface area contributed by atoms with Crippen molar-refractivity contribution in [1.82, 2.24) is 4.90 Å². The van der Waals surface area contributed by atoms with Crippen molar-refractivity contribution >= 4 is 35.1 Å². The van der Waals surface area contributed by atoms with Gasteiger partial charge in [-0.15, -0.1) is 0 Å². The highest BCUT2D eigenvalue weighted by molar-refractivity contribution is 7.80. The highest BCUT2D eigenvalue weighted by Gasteiger charge is 1.93. The highest BCUT2D eigenvalue weighted by atomic mass is 35.5. The largest absolute Gasteiger partial charge is 0.354 e. The summed E-state index contributed by atoms with van der Waals surface area (Å²) in [6, 6.07) is 7.43. The van der Waals surface area contributed by atoms with Crippen LogP contribution in [0.3, 0.4) is 0 Å². The first-order valence-electron chi connectivity index (χ1n) is 4.10. The molecule has 0 saturated heterocycles.